The van der Waals surface area contributed by atoms with Crippen LogP contribution < -0.4 is 15.5 Å². The van der Waals surface area contributed by atoms with Gasteiger partial charge in [0.25, 0.3) is 0 Å². The number of hydrogen-bond donors (Lipinski definition) is 1. The molecule has 0 bridgehead atoms. The lowest BCUT2D eigenvalue weighted by Gasteiger charge is -2.35. The van der Waals surface area contributed by atoms with Gasteiger partial charge in [-0.2, -0.15) is 0 Å². The third-order valence-electron chi connectivity index (χ3n) is 3.43. The van der Waals surface area contributed by atoms with Crippen LogP contribution in [0.5, 0.6) is 0 Å². The van der Waals surface area contributed by atoms with Crippen molar-refractivity contribution in [1.29, 1.82) is 0 Å². The van der Waals surface area contributed by atoms with Crippen LogP contribution in [0, 0.1) is 0 Å². The van der Waals surface area contributed by atoms with E-state index in [1.165, 1.54) is 0 Å². The lowest BCUT2D eigenvalue weighted by atomic mass is 10.2. The van der Waals surface area contributed by atoms with Crippen molar-refractivity contribution in [2.75, 3.05) is 36.0 Å². The summed E-state index contributed by atoms with van der Waals surface area (Å²) in [6.45, 7) is 4.20. The SMILES string of the molecule is NCc1cc(N2CCN(c3nccs3)CC2)ncc1Cl. The molecule has 3 rings (SSSR count). The molecule has 0 atom stereocenters. The van der Waals surface area contributed by atoms with Crippen molar-refractivity contribution in [3.8, 4) is 0 Å². The first kappa shape index (κ1) is 13.6. The Labute approximate surface area is 127 Å². The third-order valence-corrected chi connectivity index (χ3v) is 4.61. The minimum Gasteiger partial charge on any atom is -0.353 e. The van der Waals surface area contributed by atoms with Gasteiger partial charge in [0.2, 0.25) is 0 Å². The normalized spacial score (nSPS) is 15.7. The van der Waals surface area contributed by atoms with Crippen molar-refractivity contribution in [2.24, 2.45) is 5.73 Å². The minimum absolute atomic E-state index is 0.438. The summed E-state index contributed by atoms with van der Waals surface area (Å²) in [5, 5.41) is 3.74. The van der Waals surface area contributed by atoms with Crippen LogP contribution in [-0.4, -0.2) is 36.1 Å². The molecule has 5 nitrogen and oxygen atoms in total. The highest BCUT2D eigenvalue weighted by Gasteiger charge is 2.20. The maximum absolute atomic E-state index is 6.05. The van der Waals surface area contributed by atoms with Gasteiger partial charge in [0.15, 0.2) is 5.13 Å². The van der Waals surface area contributed by atoms with Crippen molar-refractivity contribution in [3.63, 3.8) is 0 Å². The Kier molecular flexibility index (Phi) is 4.05. The maximum atomic E-state index is 6.05. The van der Waals surface area contributed by atoms with E-state index >= 15 is 0 Å². The van der Waals surface area contributed by atoms with Crippen molar-refractivity contribution >= 4 is 33.9 Å². The van der Waals surface area contributed by atoms with E-state index in [0.717, 1.165) is 42.7 Å². The Hall–Kier alpha value is -1.37. The fraction of sp³-hybridized carbons (Fsp3) is 0.385. The van der Waals surface area contributed by atoms with Gasteiger partial charge in [-0.25, -0.2) is 9.97 Å². The second-order valence-electron chi connectivity index (χ2n) is 4.63. The van der Waals surface area contributed by atoms with Crippen LogP contribution in [0.2, 0.25) is 5.02 Å². The molecule has 1 aliphatic heterocycles. The lowest BCUT2D eigenvalue weighted by Crippen LogP contribution is -2.46. The van der Waals surface area contributed by atoms with Crippen LogP contribution in [0.25, 0.3) is 0 Å². The fourth-order valence-electron chi connectivity index (χ4n) is 2.30. The van der Waals surface area contributed by atoms with Crippen LogP contribution in [-0.2, 0) is 6.54 Å². The number of nitrogens with two attached hydrogens (primary N) is 1. The second-order valence-corrected chi connectivity index (χ2v) is 5.91. The summed E-state index contributed by atoms with van der Waals surface area (Å²) >= 11 is 7.73. The number of halogens is 1. The average molecular weight is 310 g/mol. The Morgan fingerprint density at radius 3 is 2.60 bits per heavy atom. The highest BCUT2D eigenvalue weighted by atomic mass is 35.5. The van der Waals surface area contributed by atoms with Gasteiger partial charge in [-0.05, 0) is 11.6 Å². The summed E-state index contributed by atoms with van der Waals surface area (Å²) in [4.78, 5) is 13.3. The van der Waals surface area contributed by atoms with Crippen molar-refractivity contribution in [2.45, 2.75) is 6.54 Å². The summed E-state index contributed by atoms with van der Waals surface area (Å²) in [6, 6.07) is 1.99. The molecule has 3 heterocycles. The van der Waals surface area contributed by atoms with E-state index in [4.69, 9.17) is 17.3 Å². The van der Waals surface area contributed by atoms with E-state index < -0.39 is 0 Å². The molecule has 0 aliphatic carbocycles. The molecular formula is C13H16ClN5S. The zero-order chi connectivity index (χ0) is 13.9. The monoisotopic (exact) mass is 309 g/mol. The summed E-state index contributed by atoms with van der Waals surface area (Å²) in [6.07, 6.45) is 3.53. The average Bonchev–Trinajstić information content (AvgIpc) is 3.02. The van der Waals surface area contributed by atoms with Crippen molar-refractivity contribution < 1.29 is 0 Å². The molecule has 0 unspecified atom stereocenters. The first-order valence-electron chi connectivity index (χ1n) is 6.52. The first-order valence-corrected chi connectivity index (χ1v) is 7.77. The van der Waals surface area contributed by atoms with E-state index in [1.54, 1.807) is 17.5 Å². The first-order chi connectivity index (χ1) is 9.78. The van der Waals surface area contributed by atoms with Crippen LogP contribution in [0.15, 0.2) is 23.8 Å². The van der Waals surface area contributed by atoms with Gasteiger partial charge < -0.3 is 15.5 Å². The second kappa shape index (κ2) is 5.95. The number of thiazole rings is 1. The maximum Gasteiger partial charge on any atom is 0.185 e. The molecule has 0 saturated carbocycles. The van der Waals surface area contributed by atoms with Crippen LogP contribution in [0.4, 0.5) is 10.9 Å². The highest BCUT2D eigenvalue weighted by molar-refractivity contribution is 7.13. The predicted molar refractivity (Wildman–Crippen MR) is 83.7 cm³/mol. The van der Waals surface area contributed by atoms with Crippen LogP contribution in [0.1, 0.15) is 5.56 Å². The summed E-state index contributed by atoms with van der Waals surface area (Å²) in [5.74, 6) is 0.952. The number of aromatic nitrogens is 2. The van der Waals surface area contributed by atoms with Gasteiger partial charge in [0.05, 0.1) is 5.02 Å². The van der Waals surface area contributed by atoms with E-state index in [9.17, 15) is 0 Å². The van der Waals surface area contributed by atoms with Gasteiger partial charge in [-0.1, -0.05) is 11.6 Å². The van der Waals surface area contributed by atoms with Gasteiger partial charge >= 0.3 is 0 Å². The number of anilines is 2. The molecule has 2 aromatic heterocycles. The zero-order valence-electron chi connectivity index (χ0n) is 11.0. The number of piperazine rings is 1. The molecule has 0 radical (unpaired) electrons. The topological polar surface area (TPSA) is 58.3 Å². The summed E-state index contributed by atoms with van der Waals surface area (Å²) in [7, 11) is 0. The molecule has 1 fully saturated rings. The standard InChI is InChI=1S/C13H16ClN5S/c14-11-9-17-12(7-10(11)8-15)18-2-4-19(5-3-18)13-16-1-6-20-13/h1,6-7,9H,2-5,8,15H2. The smallest absolute Gasteiger partial charge is 0.185 e. The Balaban J connectivity index is 1.69. The van der Waals surface area contributed by atoms with Gasteiger partial charge in [-0.15, -0.1) is 11.3 Å². The Morgan fingerprint density at radius 1 is 1.20 bits per heavy atom. The number of pyridine rings is 1. The quantitative estimate of drug-likeness (QED) is 0.939. The molecule has 2 aromatic rings. The van der Waals surface area contributed by atoms with E-state index in [2.05, 4.69) is 19.8 Å². The molecule has 1 saturated heterocycles. The summed E-state index contributed by atoms with van der Waals surface area (Å²) in [5.41, 5.74) is 6.63. The van der Waals surface area contributed by atoms with Gasteiger partial charge in [0, 0.05) is 50.5 Å². The van der Waals surface area contributed by atoms with E-state index in [0.29, 0.717) is 11.6 Å². The molecule has 0 aromatic carbocycles. The van der Waals surface area contributed by atoms with E-state index in [1.807, 2.05) is 17.6 Å². The molecular weight excluding hydrogens is 294 g/mol. The van der Waals surface area contributed by atoms with E-state index in [-0.39, 0.29) is 0 Å². The van der Waals surface area contributed by atoms with Gasteiger partial charge in [-0.3, -0.25) is 0 Å². The van der Waals surface area contributed by atoms with Gasteiger partial charge in [0.1, 0.15) is 5.82 Å². The van der Waals surface area contributed by atoms with Crippen molar-refractivity contribution in [3.05, 3.63) is 34.4 Å². The largest absolute Gasteiger partial charge is 0.353 e. The minimum atomic E-state index is 0.438. The lowest BCUT2D eigenvalue weighted by molar-refractivity contribution is 0.645. The number of nitrogens with zero attached hydrogens (tertiary/aromatic N) is 4. The molecule has 2 N–H and O–H groups in total. The predicted octanol–water partition coefficient (Wildman–Crippen LogP) is 1.98. The fourth-order valence-corrected chi connectivity index (χ4v) is 3.17. The third kappa shape index (κ3) is 2.72. The van der Waals surface area contributed by atoms with Crippen LogP contribution >= 0.6 is 22.9 Å². The van der Waals surface area contributed by atoms with Crippen LogP contribution in [0.3, 0.4) is 0 Å². The Morgan fingerprint density at radius 2 is 1.95 bits per heavy atom. The molecule has 0 amide bonds. The molecule has 20 heavy (non-hydrogen) atoms. The molecule has 106 valence electrons. The molecule has 1 aliphatic rings. The molecule has 7 heteroatoms. The molecule has 0 spiro atoms. The Bertz CT molecular complexity index is 566. The summed E-state index contributed by atoms with van der Waals surface area (Å²) < 4.78 is 0. The highest BCUT2D eigenvalue weighted by Crippen LogP contribution is 2.23. The number of hydrogen-bond acceptors (Lipinski definition) is 6. The number of rotatable bonds is 3. The zero-order valence-corrected chi connectivity index (χ0v) is 12.6. The van der Waals surface area contributed by atoms with Crippen molar-refractivity contribution in [1.82, 2.24) is 9.97 Å².